The molecule has 0 spiro atoms. The van der Waals surface area contributed by atoms with Gasteiger partial charge in [0, 0.05) is 19.2 Å². The summed E-state index contributed by atoms with van der Waals surface area (Å²) in [5.41, 5.74) is 0.578. The molecule has 0 radical (unpaired) electrons. The van der Waals surface area contributed by atoms with E-state index in [1.165, 1.54) is 6.92 Å². The third kappa shape index (κ3) is 5.26. The summed E-state index contributed by atoms with van der Waals surface area (Å²) in [6.45, 7) is 5.80. The topological polar surface area (TPSA) is 46.6 Å². The number of carbonyl (C=O) groups is 2. The Labute approximate surface area is 120 Å². The van der Waals surface area contributed by atoms with E-state index in [1.54, 1.807) is 36.2 Å². The van der Waals surface area contributed by atoms with E-state index in [0.717, 1.165) is 12.8 Å². The molecule has 4 heteroatoms. The number of hydrogen-bond acceptors (Lipinski definition) is 3. The van der Waals surface area contributed by atoms with Crippen molar-refractivity contribution >= 4 is 11.7 Å². The highest BCUT2D eigenvalue weighted by molar-refractivity contribution is 5.94. The first-order chi connectivity index (χ1) is 9.54. The highest BCUT2D eigenvalue weighted by Gasteiger charge is 2.09. The number of amides is 1. The van der Waals surface area contributed by atoms with Crippen LogP contribution in [0, 0.1) is 0 Å². The van der Waals surface area contributed by atoms with Crippen LogP contribution in [0.15, 0.2) is 36.9 Å². The number of nitrogens with zero attached hydrogens (tertiary/aromatic N) is 1. The monoisotopic (exact) mass is 275 g/mol. The lowest BCUT2D eigenvalue weighted by molar-refractivity contribution is -0.132. The lowest BCUT2D eigenvalue weighted by Crippen LogP contribution is -2.32. The zero-order valence-corrected chi connectivity index (χ0v) is 12.1. The quantitative estimate of drug-likeness (QED) is 0.416. The molecule has 0 fully saturated rings. The number of likely N-dealkylation sites (N-methyl/N-ethyl adjacent to an activating group) is 1. The van der Waals surface area contributed by atoms with Crippen molar-refractivity contribution in [3.05, 3.63) is 42.5 Å². The van der Waals surface area contributed by atoms with Crippen LogP contribution in [0.25, 0.3) is 0 Å². The first kappa shape index (κ1) is 16.0. The fourth-order valence-electron chi connectivity index (χ4n) is 1.66. The Balaban J connectivity index is 2.46. The minimum atomic E-state index is -0.0812. The molecule has 0 heterocycles. The van der Waals surface area contributed by atoms with Crippen LogP contribution in [0.1, 0.15) is 30.1 Å². The Morgan fingerprint density at radius 1 is 1.40 bits per heavy atom. The first-order valence-corrected chi connectivity index (χ1v) is 6.63. The number of allylic oxidation sites excluding steroid dienone is 1. The van der Waals surface area contributed by atoms with Crippen molar-refractivity contribution in [1.29, 1.82) is 0 Å². The van der Waals surface area contributed by atoms with E-state index in [0.29, 0.717) is 17.9 Å². The van der Waals surface area contributed by atoms with Gasteiger partial charge in [-0.2, -0.15) is 0 Å². The smallest absolute Gasteiger partial charge is 0.260 e. The molecule has 0 saturated heterocycles. The summed E-state index contributed by atoms with van der Waals surface area (Å²) in [5, 5.41) is 0. The van der Waals surface area contributed by atoms with Crippen molar-refractivity contribution in [2.45, 2.75) is 19.8 Å². The molecule has 1 aromatic rings. The number of rotatable bonds is 8. The molecule has 0 unspecified atom stereocenters. The second kappa shape index (κ2) is 8.15. The number of ketones is 1. The molecule has 0 bridgehead atoms. The van der Waals surface area contributed by atoms with Crippen molar-refractivity contribution in [3.63, 3.8) is 0 Å². The lowest BCUT2D eigenvalue weighted by atomic mass is 10.1. The zero-order valence-electron chi connectivity index (χ0n) is 12.1. The Kier molecular flexibility index (Phi) is 6.50. The van der Waals surface area contributed by atoms with E-state index >= 15 is 0 Å². The average Bonchev–Trinajstić information content (AvgIpc) is 2.45. The van der Waals surface area contributed by atoms with E-state index < -0.39 is 0 Å². The molecule has 0 saturated carbocycles. The molecule has 1 rings (SSSR count). The van der Waals surface area contributed by atoms with Gasteiger partial charge in [-0.3, -0.25) is 9.59 Å². The summed E-state index contributed by atoms with van der Waals surface area (Å²) in [6.07, 6.45) is 3.62. The number of ether oxygens (including phenoxy) is 1. The molecular formula is C16H21NO3. The van der Waals surface area contributed by atoms with Gasteiger partial charge in [0.2, 0.25) is 0 Å². The van der Waals surface area contributed by atoms with Crippen molar-refractivity contribution in [1.82, 2.24) is 4.90 Å². The predicted molar refractivity (Wildman–Crippen MR) is 79.0 cm³/mol. The van der Waals surface area contributed by atoms with Gasteiger partial charge in [0.25, 0.3) is 5.91 Å². The van der Waals surface area contributed by atoms with E-state index in [1.807, 2.05) is 6.08 Å². The Morgan fingerprint density at radius 3 is 2.80 bits per heavy atom. The highest BCUT2D eigenvalue weighted by atomic mass is 16.5. The predicted octanol–water partition coefficient (Wildman–Crippen LogP) is 2.69. The molecular weight excluding hydrogens is 254 g/mol. The van der Waals surface area contributed by atoms with Crippen LogP contribution in [-0.4, -0.2) is 36.8 Å². The van der Waals surface area contributed by atoms with E-state index in [-0.39, 0.29) is 18.3 Å². The number of carbonyl (C=O) groups excluding carboxylic acids is 2. The van der Waals surface area contributed by atoms with E-state index in [2.05, 4.69) is 6.58 Å². The van der Waals surface area contributed by atoms with Crippen molar-refractivity contribution < 1.29 is 14.3 Å². The van der Waals surface area contributed by atoms with Crippen LogP contribution in [0.2, 0.25) is 0 Å². The van der Waals surface area contributed by atoms with Crippen LogP contribution in [-0.2, 0) is 4.79 Å². The summed E-state index contributed by atoms with van der Waals surface area (Å²) in [4.78, 5) is 24.7. The maximum atomic E-state index is 11.8. The third-order valence-electron chi connectivity index (χ3n) is 2.93. The molecule has 0 N–H and O–H groups in total. The first-order valence-electron chi connectivity index (χ1n) is 6.63. The number of hydrogen-bond donors (Lipinski definition) is 0. The minimum Gasteiger partial charge on any atom is -0.484 e. The largest absolute Gasteiger partial charge is 0.484 e. The van der Waals surface area contributed by atoms with Crippen molar-refractivity contribution in [3.8, 4) is 5.75 Å². The van der Waals surface area contributed by atoms with Crippen LogP contribution in [0.3, 0.4) is 0 Å². The number of benzene rings is 1. The summed E-state index contributed by atoms with van der Waals surface area (Å²) >= 11 is 0. The van der Waals surface area contributed by atoms with Crippen molar-refractivity contribution in [2.75, 3.05) is 20.2 Å². The maximum absolute atomic E-state index is 11.8. The molecule has 0 aliphatic heterocycles. The molecule has 20 heavy (non-hydrogen) atoms. The Morgan fingerprint density at radius 2 is 2.15 bits per heavy atom. The van der Waals surface area contributed by atoms with Crippen molar-refractivity contribution in [2.24, 2.45) is 0 Å². The average molecular weight is 275 g/mol. The van der Waals surface area contributed by atoms with Crippen LogP contribution < -0.4 is 4.74 Å². The molecule has 1 aromatic carbocycles. The van der Waals surface area contributed by atoms with Crippen LogP contribution in [0.4, 0.5) is 0 Å². The van der Waals surface area contributed by atoms with Gasteiger partial charge in [-0.25, -0.2) is 0 Å². The van der Waals surface area contributed by atoms with E-state index in [4.69, 9.17) is 4.74 Å². The van der Waals surface area contributed by atoms with Crippen LogP contribution >= 0.6 is 0 Å². The molecule has 4 nitrogen and oxygen atoms in total. The molecule has 108 valence electrons. The van der Waals surface area contributed by atoms with Gasteiger partial charge in [-0.05, 0) is 31.9 Å². The maximum Gasteiger partial charge on any atom is 0.260 e. The summed E-state index contributed by atoms with van der Waals surface area (Å²) in [7, 11) is 1.75. The number of Topliss-reactive ketones (excluding diaryl/α,β-unsaturated/α-hetero) is 1. The third-order valence-corrected chi connectivity index (χ3v) is 2.93. The molecule has 1 amide bonds. The molecule has 0 atom stereocenters. The highest BCUT2D eigenvalue weighted by Crippen LogP contribution is 2.13. The van der Waals surface area contributed by atoms with Gasteiger partial charge < -0.3 is 9.64 Å². The van der Waals surface area contributed by atoms with Gasteiger partial charge in [0.1, 0.15) is 5.75 Å². The van der Waals surface area contributed by atoms with E-state index in [9.17, 15) is 9.59 Å². The Hall–Kier alpha value is -2.10. The standard InChI is InChI=1S/C16H21NO3/c1-4-5-6-10-17(3)16(19)12-20-15-9-7-8-14(11-15)13(2)18/h4,7-9,11H,1,5-6,10,12H2,2-3H3. The molecule has 0 aliphatic rings. The van der Waals surface area contributed by atoms with Gasteiger partial charge in [-0.15, -0.1) is 6.58 Å². The second-order valence-corrected chi connectivity index (χ2v) is 4.62. The number of unbranched alkanes of at least 4 members (excludes halogenated alkanes) is 1. The summed E-state index contributed by atoms with van der Waals surface area (Å²) < 4.78 is 5.42. The normalized spacial score (nSPS) is 9.90. The fraction of sp³-hybridized carbons (Fsp3) is 0.375. The van der Waals surface area contributed by atoms with Gasteiger partial charge in [0.15, 0.2) is 12.4 Å². The van der Waals surface area contributed by atoms with Crippen LogP contribution in [0.5, 0.6) is 5.75 Å². The molecule has 0 aromatic heterocycles. The zero-order chi connectivity index (χ0) is 15.0. The van der Waals surface area contributed by atoms with Gasteiger partial charge >= 0.3 is 0 Å². The van der Waals surface area contributed by atoms with Gasteiger partial charge in [-0.1, -0.05) is 18.2 Å². The second-order valence-electron chi connectivity index (χ2n) is 4.62. The lowest BCUT2D eigenvalue weighted by Gasteiger charge is -2.17. The SMILES string of the molecule is C=CCCCN(C)C(=O)COc1cccc(C(C)=O)c1. The minimum absolute atomic E-state index is 0.0219. The molecule has 0 aliphatic carbocycles. The fourth-order valence-corrected chi connectivity index (χ4v) is 1.66. The van der Waals surface area contributed by atoms with Gasteiger partial charge in [0.05, 0.1) is 0 Å². The summed E-state index contributed by atoms with van der Waals surface area (Å²) in [6, 6.07) is 6.84. The summed E-state index contributed by atoms with van der Waals surface area (Å²) in [5.74, 6) is 0.427. The Bertz CT molecular complexity index is 482.